The van der Waals surface area contributed by atoms with Crippen molar-refractivity contribution >= 4 is 5.97 Å². The van der Waals surface area contributed by atoms with Gasteiger partial charge in [-0.15, -0.1) is 0 Å². The number of rotatable bonds is 7. The van der Waals surface area contributed by atoms with E-state index in [4.69, 9.17) is 4.74 Å². The molecule has 0 atom stereocenters. The van der Waals surface area contributed by atoms with E-state index in [1.54, 1.807) is 0 Å². The van der Waals surface area contributed by atoms with Crippen molar-refractivity contribution in [3.8, 4) is 0 Å². The fourth-order valence-electron chi connectivity index (χ4n) is 1.73. The van der Waals surface area contributed by atoms with Gasteiger partial charge in [-0.05, 0) is 23.6 Å². The van der Waals surface area contributed by atoms with E-state index < -0.39 is 5.97 Å². The molecule has 6 heteroatoms. The molecular weight excluding hydrogens is 260 g/mol. The van der Waals surface area contributed by atoms with Gasteiger partial charge in [0.25, 0.3) is 0 Å². The number of nitrogens with zero attached hydrogens (tertiary/aromatic N) is 2. The molecule has 1 heterocycles. The second-order valence-electron chi connectivity index (χ2n) is 4.19. The van der Waals surface area contributed by atoms with E-state index in [9.17, 15) is 4.79 Å². The highest BCUT2D eigenvalue weighted by Gasteiger charge is 2.18. The number of methoxy groups -OCH3 is 1. The first-order valence-electron chi connectivity index (χ1n) is 6.32. The molecule has 0 aliphatic rings. The number of hydrogen-bond donors (Lipinski definition) is 0. The Balaban J connectivity index is 1.71. The van der Waals surface area contributed by atoms with Crippen LogP contribution in [0.4, 0.5) is 0 Å². The first kappa shape index (κ1) is 14.2. The number of hydrogen-bond acceptors (Lipinski definition) is 6. The fraction of sp³-hybridized carbons (Fsp3) is 0.357. The zero-order valence-electron chi connectivity index (χ0n) is 11.2. The zero-order valence-corrected chi connectivity index (χ0v) is 11.2. The third-order valence-corrected chi connectivity index (χ3v) is 2.75. The summed E-state index contributed by atoms with van der Waals surface area (Å²) >= 11 is 0. The van der Waals surface area contributed by atoms with Crippen LogP contribution in [-0.4, -0.2) is 30.0 Å². The summed E-state index contributed by atoms with van der Waals surface area (Å²) in [6, 6.07) is 9.94. The molecule has 0 aliphatic heterocycles. The standard InChI is InChI=1S/C14H16N2O4/c1-18-14(17)13-12(15-20-16-13)8-5-9-19-10-11-6-3-2-4-7-11/h2-4,6-7H,5,8-10H2,1H3. The molecule has 2 rings (SSSR count). The van der Waals surface area contributed by atoms with Crippen molar-refractivity contribution in [3.05, 3.63) is 47.3 Å². The van der Waals surface area contributed by atoms with Crippen LogP contribution in [0.15, 0.2) is 35.0 Å². The summed E-state index contributed by atoms with van der Waals surface area (Å²) in [4.78, 5) is 11.4. The summed E-state index contributed by atoms with van der Waals surface area (Å²) in [6.07, 6.45) is 1.29. The molecule has 0 radical (unpaired) electrons. The summed E-state index contributed by atoms with van der Waals surface area (Å²) < 4.78 is 14.7. The van der Waals surface area contributed by atoms with Gasteiger partial charge in [0.05, 0.1) is 13.7 Å². The molecule has 20 heavy (non-hydrogen) atoms. The Hall–Kier alpha value is -2.21. The van der Waals surface area contributed by atoms with Gasteiger partial charge in [0.15, 0.2) is 0 Å². The van der Waals surface area contributed by atoms with Crippen LogP contribution >= 0.6 is 0 Å². The highest BCUT2D eigenvalue weighted by atomic mass is 16.6. The summed E-state index contributed by atoms with van der Waals surface area (Å²) in [5.41, 5.74) is 1.77. The molecule has 1 aromatic carbocycles. The summed E-state index contributed by atoms with van der Waals surface area (Å²) in [5.74, 6) is -0.536. The number of aryl methyl sites for hydroxylation is 1. The van der Waals surface area contributed by atoms with E-state index in [2.05, 4.69) is 19.7 Å². The Morgan fingerprint density at radius 2 is 2.05 bits per heavy atom. The second kappa shape index (κ2) is 7.40. The van der Waals surface area contributed by atoms with E-state index in [-0.39, 0.29) is 5.69 Å². The average molecular weight is 276 g/mol. The molecule has 0 bridgehead atoms. The summed E-state index contributed by atoms with van der Waals surface area (Å²) in [6.45, 7) is 1.14. The minimum Gasteiger partial charge on any atom is -0.464 e. The van der Waals surface area contributed by atoms with Crippen LogP contribution in [0.5, 0.6) is 0 Å². The molecule has 0 saturated heterocycles. The van der Waals surface area contributed by atoms with Crippen LogP contribution in [0.3, 0.4) is 0 Å². The molecule has 0 spiro atoms. The Bertz CT molecular complexity index is 539. The minimum atomic E-state index is -0.536. The van der Waals surface area contributed by atoms with E-state index in [0.29, 0.717) is 25.3 Å². The van der Waals surface area contributed by atoms with Crippen LogP contribution in [0, 0.1) is 0 Å². The van der Waals surface area contributed by atoms with Crippen LogP contribution in [0.1, 0.15) is 28.2 Å². The van der Waals surface area contributed by atoms with E-state index in [1.807, 2.05) is 30.3 Å². The van der Waals surface area contributed by atoms with Crippen molar-refractivity contribution in [2.75, 3.05) is 13.7 Å². The Morgan fingerprint density at radius 3 is 2.80 bits per heavy atom. The summed E-state index contributed by atoms with van der Waals surface area (Å²) in [7, 11) is 1.30. The number of benzene rings is 1. The first-order chi connectivity index (χ1) is 9.81. The highest BCUT2D eigenvalue weighted by molar-refractivity contribution is 5.87. The van der Waals surface area contributed by atoms with Gasteiger partial charge in [0.2, 0.25) is 5.69 Å². The SMILES string of the molecule is COC(=O)c1nonc1CCCOCc1ccccc1. The molecular formula is C14H16N2O4. The van der Waals surface area contributed by atoms with Gasteiger partial charge in [-0.1, -0.05) is 35.5 Å². The van der Waals surface area contributed by atoms with Crippen LogP contribution in [0.25, 0.3) is 0 Å². The lowest BCUT2D eigenvalue weighted by Gasteiger charge is -2.03. The maximum atomic E-state index is 11.4. The molecule has 0 fully saturated rings. The van der Waals surface area contributed by atoms with Crippen LogP contribution in [0.2, 0.25) is 0 Å². The largest absolute Gasteiger partial charge is 0.464 e. The number of ether oxygens (including phenoxy) is 2. The van der Waals surface area contributed by atoms with Gasteiger partial charge in [-0.3, -0.25) is 0 Å². The van der Waals surface area contributed by atoms with Crippen molar-refractivity contribution in [1.82, 2.24) is 10.3 Å². The van der Waals surface area contributed by atoms with Crippen LogP contribution < -0.4 is 0 Å². The highest BCUT2D eigenvalue weighted by Crippen LogP contribution is 2.08. The fourth-order valence-corrected chi connectivity index (χ4v) is 1.73. The monoisotopic (exact) mass is 276 g/mol. The van der Waals surface area contributed by atoms with Gasteiger partial charge in [0.1, 0.15) is 5.69 Å². The van der Waals surface area contributed by atoms with Crippen molar-refractivity contribution in [2.45, 2.75) is 19.4 Å². The van der Waals surface area contributed by atoms with Crippen molar-refractivity contribution in [2.24, 2.45) is 0 Å². The quantitative estimate of drug-likeness (QED) is 0.569. The lowest BCUT2D eigenvalue weighted by Crippen LogP contribution is -2.06. The lowest BCUT2D eigenvalue weighted by molar-refractivity contribution is 0.0587. The van der Waals surface area contributed by atoms with E-state index >= 15 is 0 Å². The topological polar surface area (TPSA) is 74.5 Å². The Labute approximate surface area is 116 Å². The minimum absolute atomic E-state index is 0.135. The normalized spacial score (nSPS) is 10.4. The second-order valence-corrected chi connectivity index (χ2v) is 4.19. The van der Waals surface area contributed by atoms with Gasteiger partial charge >= 0.3 is 5.97 Å². The maximum absolute atomic E-state index is 11.4. The Morgan fingerprint density at radius 1 is 1.25 bits per heavy atom. The maximum Gasteiger partial charge on any atom is 0.362 e. The van der Waals surface area contributed by atoms with Gasteiger partial charge in [-0.25, -0.2) is 9.42 Å². The van der Waals surface area contributed by atoms with E-state index in [0.717, 1.165) is 12.0 Å². The number of esters is 1. The molecule has 2 aromatic rings. The average Bonchev–Trinajstić information content (AvgIpc) is 2.95. The predicted molar refractivity (Wildman–Crippen MR) is 70.1 cm³/mol. The molecule has 1 aromatic heterocycles. The third-order valence-electron chi connectivity index (χ3n) is 2.75. The molecule has 0 aliphatic carbocycles. The smallest absolute Gasteiger partial charge is 0.362 e. The number of aromatic nitrogens is 2. The predicted octanol–water partition coefficient (Wildman–Crippen LogP) is 2.01. The molecule has 0 amide bonds. The summed E-state index contributed by atoms with van der Waals surface area (Å²) in [5, 5.41) is 7.23. The molecule has 0 unspecified atom stereocenters. The first-order valence-corrected chi connectivity index (χ1v) is 6.32. The molecule has 106 valence electrons. The third kappa shape index (κ3) is 3.89. The molecule has 6 nitrogen and oxygen atoms in total. The molecule has 0 N–H and O–H groups in total. The van der Waals surface area contributed by atoms with Crippen molar-refractivity contribution < 1.29 is 18.9 Å². The zero-order chi connectivity index (χ0) is 14.2. The molecule has 0 saturated carbocycles. The van der Waals surface area contributed by atoms with E-state index in [1.165, 1.54) is 7.11 Å². The van der Waals surface area contributed by atoms with Gasteiger partial charge in [-0.2, -0.15) is 0 Å². The van der Waals surface area contributed by atoms with Crippen molar-refractivity contribution in [1.29, 1.82) is 0 Å². The van der Waals surface area contributed by atoms with Gasteiger partial charge < -0.3 is 9.47 Å². The van der Waals surface area contributed by atoms with Crippen molar-refractivity contribution in [3.63, 3.8) is 0 Å². The lowest BCUT2D eigenvalue weighted by atomic mass is 10.2. The van der Waals surface area contributed by atoms with Crippen LogP contribution in [-0.2, 0) is 22.5 Å². The van der Waals surface area contributed by atoms with Gasteiger partial charge in [0, 0.05) is 6.61 Å². The number of carbonyl (C=O) groups is 1. The number of carbonyl (C=O) groups excluding carboxylic acids is 1. The Kier molecular flexibility index (Phi) is 5.25.